The van der Waals surface area contributed by atoms with Crippen molar-refractivity contribution in [3.05, 3.63) is 106 Å². The van der Waals surface area contributed by atoms with Crippen molar-refractivity contribution in [2.24, 2.45) is 0 Å². The third kappa shape index (κ3) is 3.74. The quantitative estimate of drug-likeness (QED) is 0.343. The molecule has 1 heterocycles. The first-order valence-electron chi connectivity index (χ1n) is 9.07. The summed E-state index contributed by atoms with van der Waals surface area (Å²) in [5, 5.41) is 1.21. The highest BCUT2D eigenvalue weighted by atomic mass is 79.9. The Hall–Kier alpha value is -2.65. The first kappa shape index (κ1) is 17.7. The number of rotatable bonds is 6. The number of carbonyl (C=O) groups excluding carboxylic acids is 1. The van der Waals surface area contributed by atoms with Gasteiger partial charge in [0.15, 0.2) is 0 Å². The summed E-state index contributed by atoms with van der Waals surface area (Å²) in [6.07, 6.45) is 3.71. The molecule has 0 spiro atoms. The van der Waals surface area contributed by atoms with Gasteiger partial charge in [-0.2, -0.15) is 0 Å². The topological polar surface area (TPSA) is 22.0 Å². The summed E-state index contributed by atoms with van der Waals surface area (Å²) in [5.41, 5.74) is 4.83. The number of aldehydes is 1. The molecule has 0 fully saturated rings. The summed E-state index contributed by atoms with van der Waals surface area (Å²) in [6.45, 7) is 0.815. The lowest BCUT2D eigenvalue weighted by molar-refractivity contribution is -0.108. The van der Waals surface area contributed by atoms with E-state index in [0.717, 1.165) is 22.9 Å². The summed E-state index contributed by atoms with van der Waals surface area (Å²) in [5.74, 6) is 0.0533. The van der Waals surface area contributed by atoms with E-state index < -0.39 is 0 Å². The number of aromatic nitrogens is 1. The SMILES string of the molecule is O=CC[C@H](c1ccc(Br)cc1)c1cn(Cc2ccccc2)c2ccccc12. The lowest BCUT2D eigenvalue weighted by Gasteiger charge is -2.14. The standard InChI is InChI=1S/C24H20BrNO/c25-20-12-10-19(11-13-20)21(14-15-27)23-17-26(16-18-6-2-1-3-7-18)24-9-5-4-8-22(23)24/h1-13,15,17,21H,14,16H2/t21-/m1/s1. The predicted octanol–water partition coefficient (Wildman–Crippen LogP) is 6.17. The predicted molar refractivity (Wildman–Crippen MR) is 114 cm³/mol. The van der Waals surface area contributed by atoms with Crippen LogP contribution in [0.15, 0.2) is 89.5 Å². The van der Waals surface area contributed by atoms with E-state index in [-0.39, 0.29) is 5.92 Å². The number of hydrogen-bond donors (Lipinski definition) is 0. The Labute approximate surface area is 167 Å². The van der Waals surface area contributed by atoms with Crippen molar-refractivity contribution in [1.82, 2.24) is 4.57 Å². The van der Waals surface area contributed by atoms with Gasteiger partial charge in [0.25, 0.3) is 0 Å². The van der Waals surface area contributed by atoms with Gasteiger partial charge in [0.05, 0.1) is 0 Å². The molecule has 0 unspecified atom stereocenters. The largest absolute Gasteiger partial charge is 0.343 e. The molecule has 1 aromatic heterocycles. The van der Waals surface area contributed by atoms with Gasteiger partial charge in [-0.3, -0.25) is 0 Å². The minimum absolute atomic E-state index is 0.0533. The molecule has 0 amide bonds. The first-order chi connectivity index (χ1) is 13.3. The van der Waals surface area contributed by atoms with Crippen LogP contribution in [0.3, 0.4) is 0 Å². The van der Waals surface area contributed by atoms with Crippen LogP contribution in [0.4, 0.5) is 0 Å². The van der Waals surface area contributed by atoms with Crippen LogP contribution in [0.2, 0.25) is 0 Å². The van der Waals surface area contributed by atoms with E-state index in [9.17, 15) is 4.79 Å². The van der Waals surface area contributed by atoms with Gasteiger partial charge < -0.3 is 9.36 Å². The van der Waals surface area contributed by atoms with Crippen LogP contribution in [-0.4, -0.2) is 10.9 Å². The second kappa shape index (κ2) is 7.93. The Morgan fingerprint density at radius 3 is 2.33 bits per heavy atom. The molecule has 1 atom stereocenters. The number of halogens is 1. The highest BCUT2D eigenvalue weighted by Gasteiger charge is 2.19. The maximum atomic E-state index is 11.4. The van der Waals surface area contributed by atoms with Crippen molar-refractivity contribution >= 4 is 33.1 Å². The highest BCUT2D eigenvalue weighted by molar-refractivity contribution is 9.10. The molecule has 3 heteroatoms. The van der Waals surface area contributed by atoms with Gasteiger partial charge in [0.1, 0.15) is 6.29 Å². The molecule has 0 aliphatic heterocycles. The molecule has 3 aromatic carbocycles. The Bertz CT molecular complexity index is 1050. The van der Waals surface area contributed by atoms with Crippen molar-refractivity contribution in [3.8, 4) is 0 Å². The number of carbonyl (C=O) groups is 1. The zero-order chi connectivity index (χ0) is 18.6. The summed E-state index contributed by atoms with van der Waals surface area (Å²) in [7, 11) is 0. The molecule has 0 aliphatic carbocycles. The maximum Gasteiger partial charge on any atom is 0.120 e. The molecule has 0 radical (unpaired) electrons. The summed E-state index contributed by atoms with van der Waals surface area (Å²) in [4.78, 5) is 11.4. The summed E-state index contributed by atoms with van der Waals surface area (Å²) >= 11 is 3.50. The number of para-hydroxylation sites is 1. The molecular weight excluding hydrogens is 398 g/mol. The number of fused-ring (bicyclic) bond motifs is 1. The van der Waals surface area contributed by atoms with Crippen LogP contribution in [-0.2, 0) is 11.3 Å². The molecule has 0 saturated heterocycles. The van der Waals surface area contributed by atoms with Crippen LogP contribution in [0.25, 0.3) is 10.9 Å². The molecule has 0 bridgehead atoms. The Morgan fingerprint density at radius 2 is 1.59 bits per heavy atom. The molecule has 0 N–H and O–H groups in total. The maximum absolute atomic E-state index is 11.4. The van der Waals surface area contributed by atoms with E-state index in [4.69, 9.17) is 0 Å². The Kier molecular flexibility index (Phi) is 5.21. The van der Waals surface area contributed by atoms with Gasteiger partial charge in [-0.25, -0.2) is 0 Å². The molecular formula is C24H20BrNO. The smallest absolute Gasteiger partial charge is 0.120 e. The molecule has 0 aliphatic rings. The first-order valence-corrected chi connectivity index (χ1v) is 9.86. The Morgan fingerprint density at radius 1 is 0.889 bits per heavy atom. The lowest BCUT2D eigenvalue weighted by atomic mass is 9.89. The van der Waals surface area contributed by atoms with Crippen LogP contribution in [0, 0.1) is 0 Å². The van der Waals surface area contributed by atoms with Gasteiger partial charge in [-0.05, 0) is 34.9 Å². The number of nitrogens with zero attached hydrogens (tertiary/aromatic N) is 1. The van der Waals surface area contributed by atoms with E-state index in [1.807, 2.05) is 18.2 Å². The van der Waals surface area contributed by atoms with Gasteiger partial charge in [-0.1, -0.05) is 76.6 Å². The third-order valence-corrected chi connectivity index (χ3v) is 5.52. The fourth-order valence-electron chi connectivity index (χ4n) is 3.70. The molecule has 0 saturated carbocycles. The van der Waals surface area contributed by atoms with Crippen molar-refractivity contribution in [2.45, 2.75) is 18.9 Å². The zero-order valence-corrected chi connectivity index (χ0v) is 16.5. The summed E-state index contributed by atoms with van der Waals surface area (Å²) in [6, 6.07) is 27.2. The monoisotopic (exact) mass is 417 g/mol. The fourth-order valence-corrected chi connectivity index (χ4v) is 3.96. The second-order valence-electron chi connectivity index (χ2n) is 6.72. The average Bonchev–Trinajstić information content (AvgIpc) is 3.06. The number of benzene rings is 3. The van der Waals surface area contributed by atoms with E-state index in [1.54, 1.807) is 0 Å². The van der Waals surface area contributed by atoms with Gasteiger partial charge in [0.2, 0.25) is 0 Å². The molecule has 2 nitrogen and oxygen atoms in total. The van der Waals surface area contributed by atoms with Gasteiger partial charge in [-0.15, -0.1) is 0 Å². The van der Waals surface area contributed by atoms with Crippen LogP contribution in [0.5, 0.6) is 0 Å². The lowest BCUT2D eigenvalue weighted by Crippen LogP contribution is -2.02. The van der Waals surface area contributed by atoms with Crippen LogP contribution >= 0.6 is 15.9 Å². The van der Waals surface area contributed by atoms with E-state index in [0.29, 0.717) is 6.42 Å². The minimum atomic E-state index is 0.0533. The van der Waals surface area contributed by atoms with Crippen LogP contribution in [0.1, 0.15) is 29.0 Å². The normalized spacial score (nSPS) is 12.2. The molecule has 134 valence electrons. The zero-order valence-electron chi connectivity index (χ0n) is 14.9. The van der Waals surface area contributed by atoms with Crippen molar-refractivity contribution in [1.29, 1.82) is 0 Å². The molecule has 4 aromatic rings. The Balaban J connectivity index is 1.82. The van der Waals surface area contributed by atoms with Crippen molar-refractivity contribution < 1.29 is 4.79 Å². The van der Waals surface area contributed by atoms with Crippen molar-refractivity contribution in [3.63, 3.8) is 0 Å². The third-order valence-electron chi connectivity index (χ3n) is 4.99. The van der Waals surface area contributed by atoms with E-state index in [2.05, 4.69) is 87.4 Å². The highest BCUT2D eigenvalue weighted by Crippen LogP contribution is 2.35. The van der Waals surface area contributed by atoms with Crippen LogP contribution < -0.4 is 0 Å². The number of hydrogen-bond acceptors (Lipinski definition) is 1. The average molecular weight is 418 g/mol. The fraction of sp³-hybridized carbons (Fsp3) is 0.125. The van der Waals surface area contributed by atoms with E-state index in [1.165, 1.54) is 22.0 Å². The van der Waals surface area contributed by atoms with Crippen molar-refractivity contribution in [2.75, 3.05) is 0 Å². The van der Waals surface area contributed by atoms with Gasteiger partial charge in [0, 0.05) is 40.5 Å². The molecule has 4 rings (SSSR count). The van der Waals surface area contributed by atoms with Gasteiger partial charge >= 0.3 is 0 Å². The van der Waals surface area contributed by atoms with E-state index >= 15 is 0 Å². The second-order valence-corrected chi connectivity index (χ2v) is 7.64. The summed E-state index contributed by atoms with van der Waals surface area (Å²) < 4.78 is 3.33. The minimum Gasteiger partial charge on any atom is -0.343 e. The molecule has 27 heavy (non-hydrogen) atoms.